The van der Waals surface area contributed by atoms with Crippen LogP contribution < -0.4 is 0 Å². The molecule has 0 amide bonds. The van der Waals surface area contributed by atoms with Crippen LogP contribution in [0.15, 0.2) is 115 Å². The highest BCUT2D eigenvalue weighted by Gasteiger charge is 2.22. The number of hydrogen-bond acceptors (Lipinski definition) is 10. The van der Waals surface area contributed by atoms with Gasteiger partial charge in [-0.15, -0.1) is 20.5 Å². The molecule has 0 saturated heterocycles. The molecule has 0 bridgehead atoms. The Morgan fingerprint density at radius 3 is 1.04 bits per heavy atom. The van der Waals surface area contributed by atoms with E-state index in [-0.39, 0.29) is 54.2 Å². The molecule has 0 radical (unpaired) electrons. The van der Waals surface area contributed by atoms with Crippen molar-refractivity contribution < 1.29 is 36.2 Å². The van der Waals surface area contributed by atoms with Gasteiger partial charge < -0.3 is 10.2 Å². The average molecular weight is 767 g/mol. The summed E-state index contributed by atoms with van der Waals surface area (Å²) in [5.41, 5.74) is 6.26. The van der Waals surface area contributed by atoms with Gasteiger partial charge in [0.05, 0.1) is 11.4 Å². The Labute approximate surface area is 313 Å². The Morgan fingerprint density at radius 2 is 0.759 bits per heavy atom. The largest absolute Gasteiger partial charge is 0.505 e. The number of benzene rings is 6. The number of nitrogens with zero attached hydrogens (tertiary/aromatic N) is 4. The van der Waals surface area contributed by atoms with E-state index < -0.39 is 20.2 Å². The molecule has 0 fully saturated rings. The number of rotatable bonds is 11. The van der Waals surface area contributed by atoms with E-state index in [9.17, 15) is 36.2 Å². The van der Waals surface area contributed by atoms with E-state index in [1.54, 1.807) is 24.3 Å². The minimum atomic E-state index is -4.63. The standard InChI is InChI=1S/C40H38N4O8S2/c1-5-23-17-27(18-24(6-2)37(23)43-41-33-21-35(53(47,48)49)29-13-9-11-15-31(29)39(33)45)28-19-25(7-3)38(26(8-4)20-28)44-42-34-22-36(54(50,51)52)30-14-10-12-16-32(30)40(34)46/h9-22,45-46H,5-8H2,1-4H3,(H,47,48,49)(H,50,51,52). The van der Waals surface area contributed by atoms with Crippen molar-refractivity contribution >= 4 is 64.5 Å². The summed E-state index contributed by atoms with van der Waals surface area (Å²) in [6.45, 7) is 7.93. The highest BCUT2D eigenvalue weighted by atomic mass is 32.2. The molecule has 4 N–H and O–H groups in total. The number of phenolic OH excluding ortho intramolecular Hbond substituents is 2. The molecule has 0 spiro atoms. The van der Waals surface area contributed by atoms with Crippen LogP contribution >= 0.6 is 0 Å². The molecule has 54 heavy (non-hydrogen) atoms. The monoisotopic (exact) mass is 766 g/mol. The molecular formula is C40H38N4O8S2. The van der Waals surface area contributed by atoms with Crippen LogP contribution in [-0.4, -0.2) is 36.2 Å². The number of aromatic hydroxyl groups is 2. The Bertz CT molecular complexity index is 2510. The fraction of sp³-hybridized carbons (Fsp3) is 0.200. The molecule has 12 nitrogen and oxygen atoms in total. The van der Waals surface area contributed by atoms with Gasteiger partial charge in [-0.25, -0.2) is 0 Å². The van der Waals surface area contributed by atoms with Gasteiger partial charge in [-0.1, -0.05) is 76.2 Å². The van der Waals surface area contributed by atoms with Gasteiger partial charge in [0.2, 0.25) is 0 Å². The zero-order chi connectivity index (χ0) is 38.9. The molecule has 6 rings (SSSR count). The van der Waals surface area contributed by atoms with Crippen molar-refractivity contribution in [1.29, 1.82) is 0 Å². The quantitative estimate of drug-likeness (QED) is 0.0737. The van der Waals surface area contributed by atoms with E-state index in [4.69, 9.17) is 0 Å². The lowest BCUT2D eigenvalue weighted by Gasteiger charge is -2.16. The van der Waals surface area contributed by atoms with Gasteiger partial charge in [0.15, 0.2) is 11.5 Å². The normalized spacial score (nSPS) is 12.5. The molecule has 0 aromatic heterocycles. The molecule has 0 atom stereocenters. The fourth-order valence-corrected chi connectivity index (χ4v) is 8.03. The van der Waals surface area contributed by atoms with E-state index >= 15 is 0 Å². The minimum Gasteiger partial charge on any atom is -0.505 e. The fourth-order valence-electron chi connectivity index (χ4n) is 6.60. The summed E-state index contributed by atoms with van der Waals surface area (Å²) in [6.07, 6.45) is 2.35. The first kappa shape index (κ1) is 38.2. The topological polar surface area (TPSA) is 199 Å². The molecular weight excluding hydrogens is 729 g/mol. The second-order valence-corrected chi connectivity index (χ2v) is 15.4. The summed E-state index contributed by atoms with van der Waals surface area (Å²) in [4.78, 5) is -0.769. The van der Waals surface area contributed by atoms with Gasteiger partial charge in [-0.2, -0.15) is 16.8 Å². The van der Waals surface area contributed by atoms with Crippen LogP contribution in [0.25, 0.3) is 32.7 Å². The van der Waals surface area contributed by atoms with E-state index in [1.165, 1.54) is 24.3 Å². The first-order valence-corrected chi connectivity index (χ1v) is 20.2. The molecule has 0 heterocycles. The van der Waals surface area contributed by atoms with Gasteiger partial charge in [0.1, 0.15) is 21.2 Å². The zero-order valence-corrected chi connectivity index (χ0v) is 31.6. The van der Waals surface area contributed by atoms with Crippen LogP contribution in [0.2, 0.25) is 0 Å². The van der Waals surface area contributed by atoms with Crippen molar-refractivity contribution in [3.05, 3.63) is 107 Å². The maximum Gasteiger partial charge on any atom is 0.295 e. The summed E-state index contributed by atoms with van der Waals surface area (Å²) in [5.74, 6) is -0.527. The van der Waals surface area contributed by atoms with Crippen LogP contribution in [0.3, 0.4) is 0 Å². The number of fused-ring (bicyclic) bond motifs is 2. The summed E-state index contributed by atoms with van der Waals surface area (Å²) in [6, 6.07) is 22.8. The Balaban J connectivity index is 1.42. The lowest BCUT2D eigenvalue weighted by molar-refractivity contribution is 0.477. The van der Waals surface area contributed by atoms with E-state index in [1.807, 2.05) is 52.0 Å². The van der Waals surface area contributed by atoms with Crippen molar-refractivity contribution in [2.24, 2.45) is 20.5 Å². The first-order valence-electron chi connectivity index (χ1n) is 17.3. The highest BCUT2D eigenvalue weighted by Crippen LogP contribution is 2.43. The predicted octanol–water partition coefficient (Wildman–Crippen LogP) is 10.6. The van der Waals surface area contributed by atoms with Gasteiger partial charge in [0.25, 0.3) is 20.2 Å². The SMILES string of the molecule is CCc1cc(-c2cc(CC)c(N=Nc3cc(S(=O)(=O)O)c4ccccc4c3O)c(CC)c2)cc(CC)c1N=Nc1cc(S(=O)(=O)O)c2ccccc2c1O. The van der Waals surface area contributed by atoms with Crippen molar-refractivity contribution in [3.8, 4) is 22.6 Å². The maximum absolute atomic E-state index is 12.2. The maximum atomic E-state index is 12.2. The minimum absolute atomic E-state index is 0.106. The number of azo groups is 2. The van der Waals surface area contributed by atoms with Gasteiger partial charge in [-0.05, 0) is 95.5 Å². The summed E-state index contributed by atoms with van der Waals surface area (Å²) in [5, 5.41) is 40.3. The Kier molecular flexibility index (Phi) is 10.7. The smallest absolute Gasteiger partial charge is 0.295 e. The number of hydrogen-bond donors (Lipinski definition) is 4. The summed E-state index contributed by atoms with van der Waals surface area (Å²) in [7, 11) is -9.26. The average Bonchev–Trinajstić information content (AvgIpc) is 3.15. The van der Waals surface area contributed by atoms with E-state index in [0.29, 0.717) is 37.1 Å². The second kappa shape index (κ2) is 15.1. The Morgan fingerprint density at radius 1 is 0.463 bits per heavy atom. The third-order valence-corrected chi connectivity index (χ3v) is 11.2. The zero-order valence-electron chi connectivity index (χ0n) is 29.9. The molecule has 6 aromatic carbocycles. The third-order valence-electron chi connectivity index (χ3n) is 9.38. The van der Waals surface area contributed by atoms with Crippen LogP contribution in [0.5, 0.6) is 11.5 Å². The van der Waals surface area contributed by atoms with Gasteiger partial charge in [0, 0.05) is 21.5 Å². The molecule has 0 aliphatic rings. The second-order valence-electron chi connectivity index (χ2n) is 12.6. The number of phenols is 2. The van der Waals surface area contributed by atoms with E-state index in [2.05, 4.69) is 20.5 Å². The lowest BCUT2D eigenvalue weighted by atomic mass is 9.92. The third kappa shape index (κ3) is 7.33. The van der Waals surface area contributed by atoms with Crippen LogP contribution in [0.1, 0.15) is 49.9 Å². The van der Waals surface area contributed by atoms with Crippen LogP contribution in [0, 0.1) is 0 Å². The predicted molar refractivity (Wildman–Crippen MR) is 209 cm³/mol. The van der Waals surface area contributed by atoms with Gasteiger partial charge in [-0.3, -0.25) is 9.11 Å². The summed E-state index contributed by atoms with van der Waals surface area (Å²) >= 11 is 0. The molecule has 14 heteroatoms. The van der Waals surface area contributed by atoms with Crippen LogP contribution in [-0.2, 0) is 45.9 Å². The van der Waals surface area contributed by atoms with Crippen molar-refractivity contribution in [3.63, 3.8) is 0 Å². The molecule has 0 saturated carbocycles. The van der Waals surface area contributed by atoms with Crippen LogP contribution in [0.4, 0.5) is 22.7 Å². The van der Waals surface area contributed by atoms with Gasteiger partial charge >= 0.3 is 0 Å². The molecule has 278 valence electrons. The van der Waals surface area contributed by atoms with Crippen molar-refractivity contribution in [2.45, 2.75) is 63.2 Å². The summed E-state index contributed by atoms with van der Waals surface area (Å²) < 4.78 is 68.7. The van der Waals surface area contributed by atoms with Crippen molar-refractivity contribution in [1.82, 2.24) is 0 Å². The molecule has 0 aliphatic heterocycles. The van der Waals surface area contributed by atoms with E-state index in [0.717, 1.165) is 45.5 Å². The molecule has 0 aliphatic carbocycles. The number of aryl methyl sites for hydroxylation is 4. The molecule has 0 unspecified atom stereocenters. The van der Waals surface area contributed by atoms with Crippen molar-refractivity contribution in [2.75, 3.05) is 0 Å². The molecule has 6 aromatic rings. The Hall–Kier alpha value is -5.54. The first-order chi connectivity index (χ1) is 25.7. The lowest BCUT2D eigenvalue weighted by Crippen LogP contribution is -1.99. The highest BCUT2D eigenvalue weighted by molar-refractivity contribution is 7.86.